The lowest BCUT2D eigenvalue weighted by molar-refractivity contribution is -0.383. The van der Waals surface area contributed by atoms with E-state index in [1.54, 1.807) is 20.8 Å². The molecule has 1 amide bonds. The third kappa shape index (κ3) is 4.97. The number of carbonyl (C=O) groups is 1. The number of carbonyl (C=O) groups excluding carboxylic acids is 1. The quantitative estimate of drug-likeness (QED) is 0.631. The van der Waals surface area contributed by atoms with Crippen molar-refractivity contribution < 1.29 is 23.2 Å². The van der Waals surface area contributed by atoms with Crippen LogP contribution < -0.4 is 5.32 Å². The van der Waals surface area contributed by atoms with Crippen molar-refractivity contribution in [2.45, 2.75) is 26.4 Å². The Morgan fingerprint density at radius 2 is 1.68 bits per heavy atom. The largest absolute Gasteiger partial charge is 0.444 e. The molecule has 0 unspecified atom stereocenters. The van der Waals surface area contributed by atoms with E-state index in [1.807, 2.05) is 0 Å². The molecule has 6 nitrogen and oxygen atoms in total. The maximum atomic E-state index is 13.3. The van der Waals surface area contributed by atoms with Crippen LogP contribution >= 0.6 is 0 Å². The molecule has 2 aromatic rings. The highest BCUT2D eigenvalue weighted by Gasteiger charge is 2.21. The molecule has 0 aromatic heterocycles. The van der Waals surface area contributed by atoms with Gasteiger partial charge in [-0.05, 0) is 50.1 Å². The summed E-state index contributed by atoms with van der Waals surface area (Å²) in [6.45, 7) is 4.97. The topological polar surface area (TPSA) is 81.5 Å². The number of nitrogens with zero attached hydrogens (tertiary/aromatic N) is 1. The lowest BCUT2D eigenvalue weighted by Gasteiger charge is -2.19. The van der Waals surface area contributed by atoms with Gasteiger partial charge in [0, 0.05) is 12.1 Å². The van der Waals surface area contributed by atoms with Crippen molar-refractivity contribution in [3.05, 3.63) is 58.1 Å². The number of rotatable bonds is 3. The standard InChI is InChI=1S/C17H16F2N2O4/c1-17(2,3)25-16(22)20-14-5-4-10(8-15(14)21(23)24)11-6-12(18)9-13(19)7-11/h4-9H,1-3H3,(H,20,22). The molecule has 0 radical (unpaired) electrons. The monoisotopic (exact) mass is 350 g/mol. The van der Waals surface area contributed by atoms with Crippen molar-refractivity contribution in [2.75, 3.05) is 5.32 Å². The van der Waals surface area contributed by atoms with E-state index in [9.17, 15) is 23.7 Å². The molecule has 8 heteroatoms. The number of benzene rings is 2. The van der Waals surface area contributed by atoms with Crippen molar-refractivity contribution in [1.29, 1.82) is 0 Å². The van der Waals surface area contributed by atoms with E-state index in [0.717, 1.165) is 18.2 Å². The Bertz CT molecular complexity index is 812. The van der Waals surface area contributed by atoms with Gasteiger partial charge in [-0.25, -0.2) is 13.6 Å². The number of amides is 1. The van der Waals surface area contributed by atoms with Gasteiger partial charge >= 0.3 is 6.09 Å². The van der Waals surface area contributed by atoms with Gasteiger partial charge in [0.05, 0.1) is 4.92 Å². The van der Waals surface area contributed by atoms with Crippen molar-refractivity contribution in [3.8, 4) is 11.1 Å². The average molecular weight is 350 g/mol. The van der Waals surface area contributed by atoms with Gasteiger partial charge in [-0.3, -0.25) is 15.4 Å². The number of nitro benzene ring substituents is 1. The Labute approximate surface area is 142 Å². The number of nitro groups is 1. The molecule has 0 atom stereocenters. The van der Waals surface area contributed by atoms with Gasteiger partial charge in [-0.15, -0.1) is 0 Å². The minimum Gasteiger partial charge on any atom is -0.444 e. The molecule has 132 valence electrons. The summed E-state index contributed by atoms with van der Waals surface area (Å²) in [5.74, 6) is -1.60. The molecule has 0 bridgehead atoms. The second kappa shape index (κ2) is 6.84. The first-order valence-electron chi connectivity index (χ1n) is 7.30. The minimum atomic E-state index is -0.847. The first-order chi connectivity index (χ1) is 11.5. The zero-order valence-corrected chi connectivity index (χ0v) is 13.8. The highest BCUT2D eigenvalue weighted by Crippen LogP contribution is 2.31. The second-order valence-electron chi connectivity index (χ2n) is 6.27. The smallest absolute Gasteiger partial charge is 0.412 e. The molecule has 0 saturated carbocycles. The van der Waals surface area contributed by atoms with Crippen LogP contribution in [0.5, 0.6) is 0 Å². The zero-order chi connectivity index (χ0) is 18.8. The predicted molar refractivity (Wildman–Crippen MR) is 88.3 cm³/mol. The molecule has 0 fully saturated rings. The van der Waals surface area contributed by atoms with Crippen LogP contribution in [0.15, 0.2) is 36.4 Å². The fraction of sp³-hybridized carbons (Fsp3) is 0.235. The molecule has 25 heavy (non-hydrogen) atoms. The zero-order valence-electron chi connectivity index (χ0n) is 13.8. The molecule has 2 rings (SSSR count). The van der Waals surface area contributed by atoms with Crippen LogP contribution in [0.25, 0.3) is 11.1 Å². The van der Waals surface area contributed by atoms with Crippen LogP contribution in [0.2, 0.25) is 0 Å². The fourth-order valence-corrected chi connectivity index (χ4v) is 2.10. The van der Waals surface area contributed by atoms with Gasteiger partial charge in [-0.1, -0.05) is 6.07 Å². The SMILES string of the molecule is CC(C)(C)OC(=O)Nc1ccc(-c2cc(F)cc(F)c2)cc1[N+](=O)[O-]. The van der Waals surface area contributed by atoms with Gasteiger partial charge in [0.15, 0.2) is 0 Å². The third-order valence-electron chi connectivity index (χ3n) is 3.03. The van der Waals surface area contributed by atoms with Gasteiger partial charge in [0.25, 0.3) is 5.69 Å². The van der Waals surface area contributed by atoms with Crippen molar-refractivity contribution in [1.82, 2.24) is 0 Å². The molecule has 0 saturated heterocycles. The maximum Gasteiger partial charge on any atom is 0.412 e. The summed E-state index contributed by atoms with van der Waals surface area (Å²) in [6.07, 6.45) is -0.847. The van der Waals surface area contributed by atoms with E-state index >= 15 is 0 Å². The number of hydrogen-bond acceptors (Lipinski definition) is 4. The lowest BCUT2D eigenvalue weighted by atomic mass is 10.0. The molecule has 0 heterocycles. The summed E-state index contributed by atoms with van der Waals surface area (Å²) in [7, 11) is 0. The van der Waals surface area contributed by atoms with E-state index < -0.39 is 33.9 Å². The number of hydrogen-bond donors (Lipinski definition) is 1. The van der Waals surface area contributed by atoms with Crippen LogP contribution in [0.1, 0.15) is 20.8 Å². The van der Waals surface area contributed by atoms with E-state index in [1.165, 1.54) is 12.1 Å². The number of anilines is 1. The molecule has 0 aliphatic carbocycles. The highest BCUT2D eigenvalue weighted by molar-refractivity contribution is 5.89. The molecular weight excluding hydrogens is 334 g/mol. The van der Waals surface area contributed by atoms with Crippen molar-refractivity contribution in [3.63, 3.8) is 0 Å². The summed E-state index contributed by atoms with van der Waals surface area (Å²) >= 11 is 0. The molecule has 0 spiro atoms. The number of ether oxygens (including phenoxy) is 1. The van der Waals surface area contributed by atoms with Crippen molar-refractivity contribution >= 4 is 17.5 Å². The highest BCUT2D eigenvalue weighted by atomic mass is 19.1. The van der Waals surface area contributed by atoms with E-state index in [-0.39, 0.29) is 16.8 Å². The average Bonchev–Trinajstić information content (AvgIpc) is 2.44. The van der Waals surface area contributed by atoms with Gasteiger partial charge < -0.3 is 4.74 Å². The fourth-order valence-electron chi connectivity index (χ4n) is 2.10. The number of nitrogens with one attached hydrogen (secondary N) is 1. The molecule has 2 aromatic carbocycles. The summed E-state index contributed by atoms with van der Waals surface area (Å²) in [6, 6.07) is 6.64. The first kappa shape index (κ1) is 18.3. The Morgan fingerprint density at radius 3 is 2.20 bits per heavy atom. The molecule has 0 aliphatic rings. The van der Waals surface area contributed by atoms with Gasteiger partial charge in [0.1, 0.15) is 22.9 Å². The summed E-state index contributed by atoms with van der Waals surface area (Å²) in [4.78, 5) is 22.4. The molecular formula is C17H16F2N2O4. The predicted octanol–water partition coefficient (Wildman–Crippen LogP) is 4.89. The Balaban J connectivity index is 2.38. The van der Waals surface area contributed by atoms with Crippen LogP contribution in [-0.4, -0.2) is 16.6 Å². The summed E-state index contributed by atoms with van der Waals surface area (Å²) < 4.78 is 31.7. The van der Waals surface area contributed by atoms with Crippen LogP contribution in [0.3, 0.4) is 0 Å². The Hall–Kier alpha value is -3.03. The van der Waals surface area contributed by atoms with Crippen LogP contribution in [0, 0.1) is 21.7 Å². The number of halogens is 2. The Morgan fingerprint density at radius 1 is 1.08 bits per heavy atom. The third-order valence-corrected chi connectivity index (χ3v) is 3.03. The van der Waals surface area contributed by atoms with E-state index in [2.05, 4.69) is 5.32 Å². The first-order valence-corrected chi connectivity index (χ1v) is 7.30. The van der Waals surface area contributed by atoms with Gasteiger partial charge in [-0.2, -0.15) is 0 Å². The lowest BCUT2D eigenvalue weighted by Crippen LogP contribution is -2.27. The minimum absolute atomic E-state index is 0.0834. The van der Waals surface area contributed by atoms with Crippen molar-refractivity contribution in [2.24, 2.45) is 0 Å². The van der Waals surface area contributed by atoms with E-state index in [0.29, 0.717) is 6.07 Å². The van der Waals surface area contributed by atoms with Crippen LogP contribution in [0.4, 0.5) is 25.0 Å². The molecule has 0 aliphatic heterocycles. The molecule has 1 N–H and O–H groups in total. The van der Waals surface area contributed by atoms with Crippen LogP contribution in [-0.2, 0) is 4.74 Å². The summed E-state index contributed by atoms with van der Waals surface area (Å²) in [5, 5.41) is 13.6. The Kier molecular flexibility index (Phi) is 5.01. The maximum absolute atomic E-state index is 13.3. The summed E-state index contributed by atoms with van der Waals surface area (Å²) in [5.41, 5.74) is -0.894. The van der Waals surface area contributed by atoms with E-state index in [4.69, 9.17) is 4.74 Å². The van der Waals surface area contributed by atoms with Gasteiger partial charge in [0.2, 0.25) is 0 Å². The normalized spacial score (nSPS) is 11.1. The second-order valence-corrected chi connectivity index (χ2v) is 6.27.